The van der Waals surface area contributed by atoms with E-state index in [0.29, 0.717) is 18.0 Å². The zero-order valence-corrected chi connectivity index (χ0v) is 14.7. The minimum atomic E-state index is -0.408. The highest BCUT2D eigenvalue weighted by molar-refractivity contribution is 5.90. The van der Waals surface area contributed by atoms with E-state index >= 15 is 0 Å². The molecule has 1 aliphatic carbocycles. The van der Waals surface area contributed by atoms with Gasteiger partial charge in [0.05, 0.1) is 6.10 Å². The van der Waals surface area contributed by atoms with Gasteiger partial charge in [-0.1, -0.05) is 0 Å². The highest BCUT2D eigenvalue weighted by atomic mass is 35.5. The second-order valence-corrected chi connectivity index (χ2v) is 6.62. The van der Waals surface area contributed by atoms with Crippen molar-refractivity contribution in [2.45, 2.75) is 51.0 Å². The summed E-state index contributed by atoms with van der Waals surface area (Å²) >= 11 is 0. The topological polar surface area (TPSA) is 50.4 Å². The molecule has 1 saturated carbocycles. The van der Waals surface area contributed by atoms with E-state index in [1.807, 2.05) is 0 Å². The van der Waals surface area contributed by atoms with Gasteiger partial charge in [-0.3, -0.25) is 4.79 Å². The average Bonchev–Trinajstić information content (AvgIpc) is 3.21. The van der Waals surface area contributed by atoms with Crippen LogP contribution in [0.15, 0.2) is 18.2 Å². The van der Waals surface area contributed by atoms with Crippen molar-refractivity contribution < 1.29 is 13.9 Å². The number of benzene rings is 1. The van der Waals surface area contributed by atoms with Crippen molar-refractivity contribution in [1.82, 2.24) is 5.32 Å². The van der Waals surface area contributed by atoms with E-state index in [2.05, 4.69) is 10.6 Å². The molecule has 0 radical (unpaired) electrons. The number of carbonyl (C=O) groups excluding carboxylic acids is 1. The Morgan fingerprint density at radius 1 is 1.29 bits per heavy atom. The van der Waals surface area contributed by atoms with Crippen LogP contribution < -0.4 is 15.4 Å². The van der Waals surface area contributed by atoms with Gasteiger partial charge in [-0.05, 0) is 69.7 Å². The van der Waals surface area contributed by atoms with Gasteiger partial charge in [-0.2, -0.15) is 0 Å². The second kappa shape index (κ2) is 9.23. The zero-order chi connectivity index (χ0) is 16.1. The molecule has 0 spiro atoms. The van der Waals surface area contributed by atoms with E-state index in [0.717, 1.165) is 51.6 Å². The van der Waals surface area contributed by atoms with Gasteiger partial charge in [0.25, 0.3) is 0 Å². The number of amides is 1. The number of carbonyl (C=O) groups is 1. The van der Waals surface area contributed by atoms with Crippen molar-refractivity contribution in [2.24, 2.45) is 5.92 Å². The molecule has 4 nitrogen and oxygen atoms in total. The van der Waals surface area contributed by atoms with Gasteiger partial charge in [-0.25, -0.2) is 4.39 Å². The molecule has 2 aliphatic rings. The summed E-state index contributed by atoms with van der Waals surface area (Å²) in [6, 6.07) is 4.67. The summed E-state index contributed by atoms with van der Waals surface area (Å²) in [6.45, 7) is 2.04. The van der Waals surface area contributed by atoms with Crippen molar-refractivity contribution in [2.75, 3.05) is 18.4 Å². The Morgan fingerprint density at radius 3 is 2.75 bits per heavy atom. The average molecular weight is 357 g/mol. The maximum absolute atomic E-state index is 14.1. The third kappa shape index (κ3) is 5.35. The molecule has 1 aliphatic heterocycles. The Bertz CT molecular complexity index is 544. The maximum atomic E-state index is 14.1. The van der Waals surface area contributed by atoms with E-state index in [-0.39, 0.29) is 30.2 Å². The first kappa shape index (κ1) is 19.0. The fourth-order valence-electron chi connectivity index (χ4n) is 3.38. The second-order valence-electron chi connectivity index (χ2n) is 6.62. The molecular formula is C18H26ClFN2O2. The monoisotopic (exact) mass is 356 g/mol. The normalized spacial score (nSPS) is 20.6. The minimum absolute atomic E-state index is 0. The van der Waals surface area contributed by atoms with Crippen LogP contribution in [0, 0.1) is 11.7 Å². The van der Waals surface area contributed by atoms with Crippen LogP contribution >= 0.6 is 12.4 Å². The Hall–Kier alpha value is -1.33. The van der Waals surface area contributed by atoms with E-state index in [4.69, 9.17) is 4.74 Å². The molecule has 24 heavy (non-hydrogen) atoms. The van der Waals surface area contributed by atoms with Crippen molar-refractivity contribution in [3.05, 3.63) is 24.0 Å². The van der Waals surface area contributed by atoms with Gasteiger partial charge < -0.3 is 15.4 Å². The highest BCUT2D eigenvalue weighted by Gasteiger charge is 2.19. The smallest absolute Gasteiger partial charge is 0.224 e. The van der Waals surface area contributed by atoms with E-state index in [9.17, 15) is 9.18 Å². The number of hydrogen-bond acceptors (Lipinski definition) is 3. The van der Waals surface area contributed by atoms with Gasteiger partial charge in [0.1, 0.15) is 0 Å². The third-order valence-corrected chi connectivity index (χ3v) is 4.75. The predicted molar refractivity (Wildman–Crippen MR) is 95.4 cm³/mol. The molecule has 1 atom stereocenters. The lowest BCUT2D eigenvalue weighted by molar-refractivity contribution is -0.116. The summed E-state index contributed by atoms with van der Waals surface area (Å²) in [4.78, 5) is 12.0. The Balaban J connectivity index is 0.00000208. The summed E-state index contributed by atoms with van der Waals surface area (Å²) in [5, 5.41) is 6.07. The summed E-state index contributed by atoms with van der Waals surface area (Å²) in [7, 11) is 0. The SMILES string of the molecule is Cl.O=C(CCC1CCNC1)Nc1ccc(OC2CCCC2)c(F)c1. The van der Waals surface area contributed by atoms with Gasteiger partial charge in [0, 0.05) is 18.2 Å². The first-order valence-electron chi connectivity index (χ1n) is 8.67. The summed E-state index contributed by atoms with van der Waals surface area (Å²) < 4.78 is 19.8. The van der Waals surface area contributed by atoms with Crippen molar-refractivity contribution in [3.8, 4) is 5.75 Å². The quantitative estimate of drug-likeness (QED) is 0.812. The molecule has 2 fully saturated rings. The van der Waals surface area contributed by atoms with Crippen LogP contribution in [0.5, 0.6) is 5.75 Å². The van der Waals surface area contributed by atoms with Crippen molar-refractivity contribution >= 4 is 24.0 Å². The van der Waals surface area contributed by atoms with Crippen LogP contribution in [0.2, 0.25) is 0 Å². The molecule has 3 rings (SSSR count). The molecule has 1 unspecified atom stereocenters. The van der Waals surface area contributed by atoms with Gasteiger partial charge in [0.2, 0.25) is 5.91 Å². The van der Waals surface area contributed by atoms with Gasteiger partial charge in [0.15, 0.2) is 11.6 Å². The molecule has 134 valence electrons. The molecule has 1 amide bonds. The Labute approximate surface area is 148 Å². The number of nitrogens with one attached hydrogen (secondary N) is 2. The molecule has 1 heterocycles. The Kier molecular flexibility index (Phi) is 7.31. The molecule has 1 saturated heterocycles. The predicted octanol–water partition coefficient (Wildman–Crippen LogP) is 3.90. The van der Waals surface area contributed by atoms with E-state index in [1.54, 1.807) is 12.1 Å². The number of rotatable bonds is 6. The van der Waals surface area contributed by atoms with E-state index in [1.165, 1.54) is 6.07 Å². The fraction of sp³-hybridized carbons (Fsp3) is 0.611. The highest BCUT2D eigenvalue weighted by Crippen LogP contribution is 2.27. The molecule has 0 bridgehead atoms. The lowest BCUT2D eigenvalue weighted by atomic mass is 10.0. The number of anilines is 1. The van der Waals surface area contributed by atoms with Crippen LogP contribution in [0.25, 0.3) is 0 Å². The molecule has 1 aromatic carbocycles. The van der Waals surface area contributed by atoms with Crippen LogP contribution in [-0.2, 0) is 4.79 Å². The first-order chi connectivity index (χ1) is 11.2. The van der Waals surface area contributed by atoms with Crippen LogP contribution in [-0.4, -0.2) is 25.1 Å². The van der Waals surface area contributed by atoms with Crippen LogP contribution in [0.1, 0.15) is 44.9 Å². The largest absolute Gasteiger partial charge is 0.487 e. The zero-order valence-electron chi connectivity index (χ0n) is 13.9. The lowest BCUT2D eigenvalue weighted by Crippen LogP contribution is -2.15. The van der Waals surface area contributed by atoms with Crippen molar-refractivity contribution in [1.29, 1.82) is 0 Å². The van der Waals surface area contributed by atoms with Crippen LogP contribution in [0.3, 0.4) is 0 Å². The maximum Gasteiger partial charge on any atom is 0.224 e. The lowest BCUT2D eigenvalue weighted by Gasteiger charge is -2.14. The molecular weight excluding hydrogens is 331 g/mol. The minimum Gasteiger partial charge on any atom is -0.487 e. The Morgan fingerprint density at radius 2 is 2.08 bits per heavy atom. The first-order valence-corrected chi connectivity index (χ1v) is 8.67. The summed E-state index contributed by atoms with van der Waals surface area (Å²) in [5.41, 5.74) is 0.496. The van der Waals surface area contributed by atoms with Crippen molar-refractivity contribution in [3.63, 3.8) is 0 Å². The van der Waals surface area contributed by atoms with Gasteiger partial charge in [-0.15, -0.1) is 12.4 Å². The summed E-state index contributed by atoms with van der Waals surface area (Å²) in [6.07, 6.45) is 6.91. The van der Waals surface area contributed by atoms with Crippen LogP contribution in [0.4, 0.5) is 10.1 Å². The molecule has 0 aromatic heterocycles. The van der Waals surface area contributed by atoms with E-state index < -0.39 is 5.82 Å². The number of halogens is 2. The third-order valence-electron chi connectivity index (χ3n) is 4.75. The fourth-order valence-corrected chi connectivity index (χ4v) is 3.38. The molecule has 6 heteroatoms. The molecule has 1 aromatic rings. The molecule has 2 N–H and O–H groups in total. The summed E-state index contributed by atoms with van der Waals surface area (Å²) in [5.74, 6) is 0.405. The van der Waals surface area contributed by atoms with Gasteiger partial charge >= 0.3 is 0 Å². The number of hydrogen-bond donors (Lipinski definition) is 2. The number of ether oxygens (including phenoxy) is 1. The standard InChI is InChI=1S/C18H25FN2O2.ClH/c19-16-11-14(6-7-17(16)23-15-3-1-2-4-15)21-18(22)8-5-13-9-10-20-12-13;/h6-7,11,13,15,20H,1-5,8-10,12H2,(H,21,22);1H.